The van der Waals surface area contributed by atoms with Crippen molar-refractivity contribution in [2.45, 2.75) is 6.42 Å². The monoisotopic (exact) mass is 513 g/mol. The van der Waals surface area contributed by atoms with Gasteiger partial charge < -0.3 is 10.6 Å². The van der Waals surface area contributed by atoms with E-state index in [0.717, 1.165) is 10.5 Å². The van der Waals surface area contributed by atoms with E-state index in [2.05, 4.69) is 10.6 Å². The highest BCUT2D eigenvalue weighted by atomic mass is 35.5. The van der Waals surface area contributed by atoms with E-state index in [1.165, 1.54) is 0 Å². The van der Waals surface area contributed by atoms with Crippen LogP contribution in [0.25, 0.3) is 0 Å². The summed E-state index contributed by atoms with van der Waals surface area (Å²) in [5.41, 5.74) is 2.16. The van der Waals surface area contributed by atoms with Crippen molar-refractivity contribution < 1.29 is 14.4 Å². The molecule has 0 fully saturated rings. The molecule has 3 aromatic rings. The predicted molar refractivity (Wildman–Crippen MR) is 134 cm³/mol. The van der Waals surface area contributed by atoms with Crippen LogP contribution in [0.1, 0.15) is 15.9 Å². The van der Waals surface area contributed by atoms with Crippen LogP contribution in [0.15, 0.2) is 83.5 Å². The summed E-state index contributed by atoms with van der Waals surface area (Å²) >= 11 is 18.2. The van der Waals surface area contributed by atoms with Gasteiger partial charge in [0.25, 0.3) is 17.7 Å². The van der Waals surface area contributed by atoms with Gasteiger partial charge in [-0.05, 0) is 48.4 Å². The van der Waals surface area contributed by atoms with Crippen LogP contribution >= 0.6 is 34.8 Å². The van der Waals surface area contributed by atoms with Crippen LogP contribution in [-0.4, -0.2) is 29.2 Å². The molecule has 1 heterocycles. The van der Waals surface area contributed by atoms with Gasteiger partial charge in [-0.15, -0.1) is 0 Å². The number of halogens is 3. The molecule has 172 valence electrons. The molecule has 4 rings (SSSR count). The molecule has 0 radical (unpaired) electrons. The Morgan fingerprint density at radius 1 is 0.794 bits per heavy atom. The normalized spacial score (nSPS) is 13.4. The minimum atomic E-state index is -0.558. The van der Waals surface area contributed by atoms with E-state index < -0.39 is 17.7 Å². The maximum atomic E-state index is 12.9. The third kappa shape index (κ3) is 5.42. The van der Waals surface area contributed by atoms with Crippen LogP contribution in [0.5, 0.6) is 0 Å². The van der Waals surface area contributed by atoms with E-state index in [1.54, 1.807) is 42.5 Å². The van der Waals surface area contributed by atoms with Gasteiger partial charge in [-0.1, -0.05) is 71.2 Å². The summed E-state index contributed by atoms with van der Waals surface area (Å²) in [5.74, 6) is -1.48. The zero-order valence-corrected chi connectivity index (χ0v) is 19.9. The Hall–Kier alpha value is -3.32. The molecule has 6 nitrogen and oxygen atoms in total. The summed E-state index contributed by atoms with van der Waals surface area (Å²) in [7, 11) is 0. The van der Waals surface area contributed by atoms with Crippen molar-refractivity contribution in [2.75, 3.05) is 17.2 Å². The molecular formula is C25H18Cl3N3O3. The standard InChI is InChI=1S/C25H18Cl3N3O3/c26-17-12-18(27)14-20(13-17)30-23(32)16-7-4-8-19(11-16)29-22-21(28)24(33)31(25(22)34)10-9-15-5-2-1-3-6-15/h1-8,11-14,29H,9-10H2,(H,30,32). The Kier molecular flexibility index (Phi) is 7.22. The summed E-state index contributed by atoms with van der Waals surface area (Å²) in [5, 5.41) is 6.20. The number of hydrogen-bond acceptors (Lipinski definition) is 4. The van der Waals surface area contributed by atoms with Crippen LogP contribution in [0, 0.1) is 0 Å². The van der Waals surface area contributed by atoms with Crippen LogP contribution in [-0.2, 0) is 16.0 Å². The smallest absolute Gasteiger partial charge is 0.278 e. The summed E-state index contributed by atoms with van der Waals surface area (Å²) in [6.45, 7) is 0.202. The van der Waals surface area contributed by atoms with Crippen LogP contribution < -0.4 is 10.6 Å². The highest BCUT2D eigenvalue weighted by Crippen LogP contribution is 2.27. The number of anilines is 2. The molecule has 0 aromatic heterocycles. The molecule has 0 aliphatic carbocycles. The van der Waals surface area contributed by atoms with Crippen molar-refractivity contribution >= 4 is 63.9 Å². The van der Waals surface area contributed by atoms with Crippen molar-refractivity contribution in [3.05, 3.63) is 105 Å². The highest BCUT2D eigenvalue weighted by molar-refractivity contribution is 6.48. The lowest BCUT2D eigenvalue weighted by Crippen LogP contribution is -2.34. The first-order valence-corrected chi connectivity index (χ1v) is 11.4. The predicted octanol–water partition coefficient (Wildman–Crippen LogP) is 5.72. The van der Waals surface area contributed by atoms with Gasteiger partial charge in [0.1, 0.15) is 10.7 Å². The number of rotatable bonds is 7. The quantitative estimate of drug-likeness (QED) is 0.395. The van der Waals surface area contributed by atoms with Gasteiger partial charge in [0.05, 0.1) is 0 Å². The highest BCUT2D eigenvalue weighted by Gasteiger charge is 2.37. The van der Waals surface area contributed by atoms with Crippen molar-refractivity contribution in [2.24, 2.45) is 0 Å². The molecule has 9 heteroatoms. The van der Waals surface area contributed by atoms with Gasteiger partial charge in [0.15, 0.2) is 0 Å². The molecule has 0 saturated heterocycles. The third-order valence-electron chi connectivity index (χ3n) is 5.09. The number of hydrogen-bond donors (Lipinski definition) is 2. The largest absolute Gasteiger partial charge is 0.350 e. The fraction of sp³-hybridized carbons (Fsp3) is 0.0800. The molecule has 0 spiro atoms. The Bertz CT molecular complexity index is 1290. The number of nitrogens with zero attached hydrogens (tertiary/aromatic N) is 1. The molecule has 34 heavy (non-hydrogen) atoms. The Labute approximate surface area is 211 Å². The van der Waals surface area contributed by atoms with Crippen molar-refractivity contribution in [1.29, 1.82) is 0 Å². The number of benzene rings is 3. The number of carbonyl (C=O) groups is 3. The summed E-state index contributed by atoms with van der Waals surface area (Å²) in [4.78, 5) is 39.2. The van der Waals surface area contributed by atoms with E-state index in [0.29, 0.717) is 33.4 Å². The second-order valence-corrected chi connectivity index (χ2v) is 8.76. The maximum Gasteiger partial charge on any atom is 0.278 e. The molecule has 3 amide bonds. The molecule has 0 bridgehead atoms. The van der Waals surface area contributed by atoms with Crippen molar-refractivity contribution in [3.63, 3.8) is 0 Å². The minimum Gasteiger partial charge on any atom is -0.350 e. The summed E-state index contributed by atoms with van der Waals surface area (Å²) in [6, 6.07) is 20.7. The van der Waals surface area contributed by atoms with E-state index in [4.69, 9.17) is 34.8 Å². The lowest BCUT2D eigenvalue weighted by atomic mass is 10.1. The molecule has 3 aromatic carbocycles. The molecule has 1 aliphatic heterocycles. The Morgan fingerprint density at radius 3 is 2.21 bits per heavy atom. The lowest BCUT2D eigenvalue weighted by Gasteiger charge is -2.15. The number of carbonyl (C=O) groups excluding carboxylic acids is 3. The molecule has 2 N–H and O–H groups in total. The minimum absolute atomic E-state index is 0.0288. The van der Waals surface area contributed by atoms with Crippen LogP contribution in [0.4, 0.5) is 11.4 Å². The average molecular weight is 515 g/mol. The van der Waals surface area contributed by atoms with Crippen molar-refractivity contribution in [3.8, 4) is 0 Å². The average Bonchev–Trinajstić information content (AvgIpc) is 3.01. The summed E-state index contributed by atoms with van der Waals surface area (Å²) < 4.78 is 0. The molecule has 0 atom stereocenters. The first-order valence-electron chi connectivity index (χ1n) is 10.3. The SMILES string of the molecule is O=C(Nc1cc(Cl)cc(Cl)c1)c1cccc(NC2=C(Cl)C(=O)N(CCc3ccccc3)C2=O)c1. The van der Waals surface area contributed by atoms with E-state index in [1.807, 2.05) is 30.3 Å². The zero-order valence-electron chi connectivity index (χ0n) is 17.6. The van der Waals surface area contributed by atoms with Crippen LogP contribution in [0.2, 0.25) is 10.0 Å². The van der Waals surface area contributed by atoms with Gasteiger partial charge in [-0.3, -0.25) is 19.3 Å². The van der Waals surface area contributed by atoms with Gasteiger partial charge in [0, 0.05) is 33.5 Å². The first-order chi connectivity index (χ1) is 16.3. The van der Waals surface area contributed by atoms with Crippen LogP contribution in [0.3, 0.4) is 0 Å². The molecule has 0 unspecified atom stereocenters. The van der Waals surface area contributed by atoms with E-state index >= 15 is 0 Å². The van der Waals surface area contributed by atoms with E-state index in [9.17, 15) is 14.4 Å². The lowest BCUT2D eigenvalue weighted by molar-refractivity contribution is -0.137. The van der Waals surface area contributed by atoms with Crippen molar-refractivity contribution in [1.82, 2.24) is 4.90 Å². The fourth-order valence-electron chi connectivity index (χ4n) is 3.46. The maximum absolute atomic E-state index is 12.9. The second kappa shape index (κ2) is 10.3. The molecule has 0 saturated carbocycles. The summed E-state index contributed by atoms with van der Waals surface area (Å²) in [6.07, 6.45) is 0.513. The number of imide groups is 1. The zero-order chi connectivity index (χ0) is 24.2. The molecular weight excluding hydrogens is 497 g/mol. The van der Waals surface area contributed by atoms with Gasteiger partial charge in [-0.25, -0.2) is 0 Å². The van der Waals surface area contributed by atoms with E-state index in [-0.39, 0.29) is 17.3 Å². The number of amides is 3. The third-order valence-corrected chi connectivity index (χ3v) is 5.88. The Balaban J connectivity index is 1.46. The topological polar surface area (TPSA) is 78.5 Å². The second-order valence-electron chi connectivity index (χ2n) is 7.50. The number of nitrogens with one attached hydrogen (secondary N) is 2. The fourth-order valence-corrected chi connectivity index (χ4v) is 4.21. The Morgan fingerprint density at radius 2 is 1.50 bits per heavy atom. The van der Waals surface area contributed by atoms with Gasteiger partial charge >= 0.3 is 0 Å². The first kappa shape index (κ1) is 23.8. The van der Waals surface area contributed by atoms with Gasteiger partial charge in [-0.2, -0.15) is 0 Å². The molecule has 1 aliphatic rings. The van der Waals surface area contributed by atoms with Gasteiger partial charge in [0.2, 0.25) is 0 Å².